The van der Waals surface area contributed by atoms with E-state index in [1.54, 1.807) is 0 Å². The van der Waals surface area contributed by atoms with Gasteiger partial charge < -0.3 is 4.90 Å². The lowest BCUT2D eigenvalue weighted by Gasteiger charge is -2.28. The van der Waals surface area contributed by atoms with Crippen LogP contribution in [0.1, 0.15) is 87.0 Å². The van der Waals surface area contributed by atoms with Gasteiger partial charge in [-0.05, 0) is 36.3 Å². The highest BCUT2D eigenvalue weighted by Crippen LogP contribution is 2.28. The maximum absolute atomic E-state index is 12.4. The third-order valence-corrected chi connectivity index (χ3v) is 6.39. The van der Waals surface area contributed by atoms with Crippen molar-refractivity contribution in [1.29, 1.82) is 0 Å². The second kappa shape index (κ2) is 11.4. The molecule has 0 fully saturated rings. The van der Waals surface area contributed by atoms with Crippen LogP contribution in [0.3, 0.4) is 0 Å². The summed E-state index contributed by atoms with van der Waals surface area (Å²) in [5.74, 6) is 2.45. The van der Waals surface area contributed by atoms with Gasteiger partial charge in [-0.1, -0.05) is 60.8 Å². The van der Waals surface area contributed by atoms with Crippen LogP contribution in [-0.2, 0) is 4.79 Å². The van der Waals surface area contributed by atoms with Crippen molar-refractivity contribution in [1.82, 2.24) is 4.90 Å². The lowest BCUT2D eigenvalue weighted by molar-refractivity contribution is -0.130. The van der Waals surface area contributed by atoms with Crippen LogP contribution >= 0.6 is 11.8 Å². The van der Waals surface area contributed by atoms with E-state index in [2.05, 4.69) is 48.5 Å². The first-order valence-corrected chi connectivity index (χ1v) is 10.7. The Morgan fingerprint density at radius 1 is 1.00 bits per heavy atom. The molecular formula is C20H41NOS. The molecule has 0 aliphatic carbocycles. The molecule has 23 heavy (non-hydrogen) atoms. The summed E-state index contributed by atoms with van der Waals surface area (Å²) >= 11 is 1.95. The van der Waals surface area contributed by atoms with Crippen LogP contribution in [0.5, 0.6) is 0 Å². The molecule has 0 bridgehead atoms. The molecule has 0 N–H and O–H groups in total. The van der Waals surface area contributed by atoms with E-state index >= 15 is 0 Å². The standard InChI is InChI=1S/C20H41NOS/c1-8-11-13-20(6,7)17-23-16-12-18(22)21(10-3)15-14-19(4,5)9-2/h8-17H2,1-7H3. The van der Waals surface area contributed by atoms with E-state index < -0.39 is 0 Å². The minimum Gasteiger partial charge on any atom is -0.343 e. The number of thioether (sulfide) groups is 1. The maximum atomic E-state index is 12.4. The van der Waals surface area contributed by atoms with E-state index in [1.807, 2.05) is 16.7 Å². The summed E-state index contributed by atoms with van der Waals surface area (Å²) in [7, 11) is 0. The number of nitrogens with zero attached hydrogens (tertiary/aromatic N) is 1. The molecule has 0 rings (SSSR count). The molecule has 0 atom stereocenters. The van der Waals surface area contributed by atoms with Gasteiger partial charge in [0, 0.05) is 25.3 Å². The fourth-order valence-corrected chi connectivity index (χ4v) is 3.63. The summed E-state index contributed by atoms with van der Waals surface area (Å²) < 4.78 is 0. The Kier molecular flexibility index (Phi) is 11.3. The third kappa shape index (κ3) is 11.1. The summed E-state index contributed by atoms with van der Waals surface area (Å²) in [6.45, 7) is 17.6. The highest BCUT2D eigenvalue weighted by molar-refractivity contribution is 7.99. The van der Waals surface area contributed by atoms with Crippen LogP contribution in [0, 0.1) is 10.8 Å². The van der Waals surface area contributed by atoms with Crippen molar-refractivity contribution >= 4 is 17.7 Å². The number of amides is 1. The Labute approximate surface area is 150 Å². The van der Waals surface area contributed by atoms with Gasteiger partial charge in [-0.3, -0.25) is 4.79 Å². The molecule has 0 aliphatic heterocycles. The average Bonchev–Trinajstić information content (AvgIpc) is 2.50. The monoisotopic (exact) mass is 343 g/mol. The Morgan fingerprint density at radius 2 is 1.65 bits per heavy atom. The van der Waals surface area contributed by atoms with Crippen LogP contribution in [-0.4, -0.2) is 35.4 Å². The quantitative estimate of drug-likeness (QED) is 0.382. The lowest BCUT2D eigenvalue weighted by atomic mass is 9.86. The second-order valence-electron chi connectivity index (χ2n) is 8.31. The molecule has 0 aromatic rings. The summed E-state index contributed by atoms with van der Waals surface area (Å²) in [5, 5.41) is 0. The van der Waals surface area contributed by atoms with Crippen molar-refractivity contribution in [3.63, 3.8) is 0 Å². The highest BCUT2D eigenvalue weighted by Gasteiger charge is 2.20. The van der Waals surface area contributed by atoms with Crippen LogP contribution < -0.4 is 0 Å². The Bertz CT molecular complexity index is 326. The van der Waals surface area contributed by atoms with Crippen molar-refractivity contribution in [3.05, 3.63) is 0 Å². The fourth-order valence-electron chi connectivity index (χ4n) is 2.47. The molecule has 0 radical (unpaired) electrons. The smallest absolute Gasteiger partial charge is 0.223 e. The third-order valence-electron chi connectivity index (χ3n) is 4.91. The molecule has 0 unspecified atom stereocenters. The molecule has 0 aromatic heterocycles. The SMILES string of the molecule is CCCCC(C)(C)CSCCC(=O)N(CC)CCC(C)(C)CC. The number of hydrogen-bond acceptors (Lipinski definition) is 2. The van der Waals surface area contributed by atoms with Crippen LogP contribution in [0.4, 0.5) is 0 Å². The number of rotatable bonds is 13. The second-order valence-corrected chi connectivity index (χ2v) is 9.42. The van der Waals surface area contributed by atoms with Crippen molar-refractivity contribution in [3.8, 4) is 0 Å². The van der Waals surface area contributed by atoms with E-state index in [4.69, 9.17) is 0 Å². The Balaban J connectivity index is 4.06. The van der Waals surface area contributed by atoms with Crippen molar-refractivity contribution in [2.45, 2.75) is 87.0 Å². The average molecular weight is 344 g/mol. The van der Waals surface area contributed by atoms with Crippen molar-refractivity contribution < 1.29 is 4.79 Å². The zero-order valence-electron chi connectivity index (χ0n) is 16.8. The van der Waals surface area contributed by atoms with Gasteiger partial charge in [0.05, 0.1) is 0 Å². The largest absolute Gasteiger partial charge is 0.343 e. The molecule has 3 heteroatoms. The van der Waals surface area contributed by atoms with E-state index in [9.17, 15) is 4.79 Å². The molecule has 1 amide bonds. The Hall–Kier alpha value is -0.180. The minimum atomic E-state index is 0.332. The number of carbonyl (C=O) groups excluding carboxylic acids is 1. The first-order valence-electron chi connectivity index (χ1n) is 9.53. The predicted molar refractivity (Wildman–Crippen MR) is 106 cm³/mol. The number of unbranched alkanes of at least 4 members (excludes halogenated alkanes) is 1. The van der Waals surface area contributed by atoms with Crippen molar-refractivity contribution in [2.75, 3.05) is 24.6 Å². The van der Waals surface area contributed by atoms with Crippen molar-refractivity contribution in [2.24, 2.45) is 10.8 Å². The van der Waals surface area contributed by atoms with E-state index in [-0.39, 0.29) is 0 Å². The van der Waals surface area contributed by atoms with Gasteiger partial charge in [0.1, 0.15) is 0 Å². The van der Waals surface area contributed by atoms with Gasteiger partial charge >= 0.3 is 0 Å². The van der Waals surface area contributed by atoms with Gasteiger partial charge in [-0.15, -0.1) is 0 Å². The van der Waals surface area contributed by atoms with E-state index in [1.165, 1.54) is 25.7 Å². The van der Waals surface area contributed by atoms with Crippen LogP contribution in [0.15, 0.2) is 0 Å². The fraction of sp³-hybridized carbons (Fsp3) is 0.950. The number of carbonyl (C=O) groups is 1. The van der Waals surface area contributed by atoms with Crippen LogP contribution in [0.25, 0.3) is 0 Å². The van der Waals surface area contributed by atoms with Gasteiger partial charge in [0.15, 0.2) is 0 Å². The highest BCUT2D eigenvalue weighted by atomic mass is 32.2. The van der Waals surface area contributed by atoms with Gasteiger partial charge in [-0.2, -0.15) is 11.8 Å². The van der Waals surface area contributed by atoms with Gasteiger partial charge in [-0.25, -0.2) is 0 Å². The van der Waals surface area contributed by atoms with Gasteiger partial charge in [0.2, 0.25) is 5.91 Å². The maximum Gasteiger partial charge on any atom is 0.223 e. The summed E-state index contributed by atoms with van der Waals surface area (Å²) in [6.07, 6.45) is 6.82. The van der Waals surface area contributed by atoms with Crippen LogP contribution in [0.2, 0.25) is 0 Å². The van der Waals surface area contributed by atoms with E-state index in [0.717, 1.165) is 31.0 Å². The molecule has 0 spiro atoms. The molecular weight excluding hydrogens is 302 g/mol. The molecule has 138 valence electrons. The zero-order chi connectivity index (χ0) is 17.9. The van der Waals surface area contributed by atoms with Gasteiger partial charge in [0.25, 0.3) is 0 Å². The Morgan fingerprint density at radius 3 is 2.17 bits per heavy atom. The molecule has 0 saturated heterocycles. The summed E-state index contributed by atoms with van der Waals surface area (Å²) in [6, 6.07) is 0. The first kappa shape index (κ1) is 22.8. The van der Waals surface area contributed by atoms with E-state index in [0.29, 0.717) is 23.2 Å². The minimum absolute atomic E-state index is 0.332. The topological polar surface area (TPSA) is 20.3 Å². The number of hydrogen-bond donors (Lipinski definition) is 0. The molecule has 0 heterocycles. The molecule has 0 aliphatic rings. The first-order chi connectivity index (χ1) is 10.7. The normalized spacial score (nSPS) is 12.5. The summed E-state index contributed by atoms with van der Waals surface area (Å²) in [4.78, 5) is 14.4. The summed E-state index contributed by atoms with van der Waals surface area (Å²) in [5.41, 5.74) is 0.741. The zero-order valence-corrected chi connectivity index (χ0v) is 17.7. The molecule has 0 saturated carbocycles. The molecule has 2 nitrogen and oxygen atoms in total. The molecule has 0 aromatic carbocycles. The lowest BCUT2D eigenvalue weighted by Crippen LogP contribution is -2.34. The predicted octanol–water partition coefficient (Wildman–Crippen LogP) is 6.00.